The molecule has 1 unspecified atom stereocenters. The number of rotatable bonds is 15. The standard InChI is InChI=1S/C19H15ClF3NO7.C13H13N5O6S.C11H8ClNO3/c1-3-29-17(25)10(2)30-18(26)13-9-12(5-6-15(13)24(27)28)31-16-7-4-11(8-14(16)20)19(21,22)23;1-7-14-11(17-13(15-7)24-2)16-12(21)18-25(22,23)9-6-4-3-5-8(9)10(19)20;12-8-3-4-9(16-6-10(14)15)11-7(8)2-1-5-13-11/h4-10H,3H2,1-2H3;3-6H,1-2H3,(H,19,20)(H2,14,15,16,17,18,21);1-5H,6H2,(H,14,15). The minimum Gasteiger partial charge on any atom is -0.480 e. The molecular weight excluding hydrogens is 1030 g/mol. The third-order valence-electron chi connectivity index (χ3n) is 8.57. The number of pyridine rings is 1. The lowest BCUT2D eigenvalue weighted by molar-refractivity contribution is -0.385. The summed E-state index contributed by atoms with van der Waals surface area (Å²) in [5.74, 6) is -4.41. The van der Waals surface area contributed by atoms with Gasteiger partial charge in [-0.2, -0.15) is 28.1 Å². The van der Waals surface area contributed by atoms with Crippen molar-refractivity contribution in [3.63, 3.8) is 0 Å². The number of alkyl halides is 3. The molecule has 0 aliphatic rings. The molecule has 0 spiro atoms. The predicted octanol–water partition coefficient (Wildman–Crippen LogP) is 7.92. The number of ether oxygens (including phenoxy) is 5. The number of urea groups is 1. The number of sulfonamides is 1. The van der Waals surface area contributed by atoms with Crippen LogP contribution in [-0.4, -0.2) is 99.8 Å². The van der Waals surface area contributed by atoms with Crippen LogP contribution >= 0.6 is 23.2 Å². The van der Waals surface area contributed by atoms with Crippen molar-refractivity contribution in [1.82, 2.24) is 24.7 Å². The van der Waals surface area contributed by atoms with Crippen LogP contribution in [0.4, 0.5) is 29.6 Å². The zero-order chi connectivity index (χ0) is 53.5. The topological polar surface area (TPSA) is 325 Å². The molecule has 0 bridgehead atoms. The number of methoxy groups -OCH3 is 1. The molecule has 4 aromatic carbocycles. The molecule has 0 fully saturated rings. The average molecular weight is 1070 g/mol. The number of fused-ring (bicyclic) bond motifs is 1. The van der Waals surface area contributed by atoms with Crippen LogP contribution in [0.3, 0.4) is 0 Å². The van der Waals surface area contributed by atoms with E-state index < -0.39 is 91.0 Å². The maximum absolute atomic E-state index is 12.8. The number of carbonyl (C=O) groups excluding carboxylic acids is 3. The Labute approximate surface area is 414 Å². The molecule has 0 saturated heterocycles. The van der Waals surface area contributed by atoms with Gasteiger partial charge in [0.1, 0.15) is 39.0 Å². The van der Waals surface area contributed by atoms with Gasteiger partial charge >= 0.3 is 42.1 Å². The van der Waals surface area contributed by atoms with Gasteiger partial charge in [-0.15, -0.1) is 0 Å². The summed E-state index contributed by atoms with van der Waals surface area (Å²) in [7, 11) is -3.11. The normalized spacial score (nSPS) is 11.2. The fourth-order valence-corrected chi connectivity index (χ4v) is 7.02. The molecule has 6 rings (SSSR count). The minimum atomic E-state index is -4.61. The predicted molar refractivity (Wildman–Crippen MR) is 245 cm³/mol. The summed E-state index contributed by atoms with van der Waals surface area (Å²) in [6.45, 7) is 3.94. The van der Waals surface area contributed by atoms with Crippen molar-refractivity contribution >= 4 is 85.7 Å². The number of carboxylic acid groups (broad SMARTS) is 2. The van der Waals surface area contributed by atoms with E-state index in [0.717, 1.165) is 47.9 Å². The lowest BCUT2D eigenvalue weighted by atomic mass is 10.1. The summed E-state index contributed by atoms with van der Waals surface area (Å²) in [4.78, 5) is 82.7. The number of aromatic nitrogens is 4. The van der Waals surface area contributed by atoms with E-state index in [-0.39, 0.29) is 40.9 Å². The second-order valence-electron chi connectivity index (χ2n) is 13.7. The number of anilines is 1. The number of esters is 2. The van der Waals surface area contributed by atoms with E-state index in [9.17, 15) is 55.7 Å². The van der Waals surface area contributed by atoms with E-state index in [4.69, 9.17) is 57.1 Å². The van der Waals surface area contributed by atoms with E-state index in [1.807, 2.05) is 0 Å². The molecule has 2 heterocycles. The van der Waals surface area contributed by atoms with Crippen LogP contribution in [0.25, 0.3) is 10.9 Å². The number of aliphatic carboxylic acids is 1. The van der Waals surface area contributed by atoms with Crippen molar-refractivity contribution < 1.29 is 84.4 Å². The number of benzene rings is 4. The van der Waals surface area contributed by atoms with Crippen LogP contribution in [0.2, 0.25) is 10.0 Å². The maximum atomic E-state index is 12.8. The van der Waals surface area contributed by atoms with Gasteiger partial charge in [0.15, 0.2) is 12.7 Å². The van der Waals surface area contributed by atoms with Crippen LogP contribution in [0.5, 0.6) is 23.3 Å². The van der Waals surface area contributed by atoms with Gasteiger partial charge in [0, 0.05) is 23.7 Å². The third-order valence-corrected chi connectivity index (χ3v) is 10.6. The van der Waals surface area contributed by atoms with Gasteiger partial charge < -0.3 is 33.9 Å². The Morgan fingerprint density at radius 2 is 1.58 bits per heavy atom. The van der Waals surface area contributed by atoms with Crippen molar-refractivity contribution in [3.05, 3.63) is 134 Å². The van der Waals surface area contributed by atoms with E-state index in [0.29, 0.717) is 22.4 Å². The van der Waals surface area contributed by atoms with Gasteiger partial charge in [-0.3, -0.25) is 20.4 Å². The number of halogens is 5. The smallest absolute Gasteiger partial charge is 0.416 e. The van der Waals surface area contributed by atoms with E-state index in [1.54, 1.807) is 42.1 Å². The summed E-state index contributed by atoms with van der Waals surface area (Å²) < 4.78 is 89.3. The van der Waals surface area contributed by atoms with E-state index in [1.165, 1.54) is 33.1 Å². The van der Waals surface area contributed by atoms with Crippen LogP contribution < -0.4 is 24.2 Å². The molecule has 2 amide bonds. The summed E-state index contributed by atoms with van der Waals surface area (Å²) in [6.07, 6.45) is -4.34. The number of carbonyl (C=O) groups is 5. The maximum Gasteiger partial charge on any atom is 0.416 e. The van der Waals surface area contributed by atoms with Gasteiger partial charge in [-0.05, 0) is 81.4 Å². The number of aryl methyl sites for hydroxylation is 1. The largest absolute Gasteiger partial charge is 0.480 e. The SMILES string of the molecule is CCOC(=O)C(C)OC(=O)c1cc(Oc2ccc(C(F)(F)F)cc2Cl)ccc1[N+](=O)[O-].COc1nc(C)nc(NC(=O)NS(=O)(=O)c2ccccc2C(=O)O)n1.O=C(O)COc1ccc(Cl)c2cccnc12. The fourth-order valence-electron chi connectivity index (χ4n) is 5.47. The van der Waals surface area contributed by atoms with Crippen LogP contribution in [0.15, 0.2) is 96.0 Å². The monoisotopic (exact) mass is 1070 g/mol. The molecular formula is C43H36Cl2F3N7O16S. The number of hydrogen-bond acceptors (Lipinski definition) is 18. The van der Waals surface area contributed by atoms with E-state index >= 15 is 0 Å². The minimum absolute atomic E-state index is 0.0398. The van der Waals surface area contributed by atoms with Crippen molar-refractivity contribution in [2.45, 2.75) is 37.9 Å². The molecule has 380 valence electrons. The molecule has 0 radical (unpaired) electrons. The van der Waals surface area contributed by atoms with Crippen molar-refractivity contribution in [2.24, 2.45) is 0 Å². The van der Waals surface area contributed by atoms with Gasteiger partial charge in [0.25, 0.3) is 15.7 Å². The molecule has 0 aliphatic heterocycles. The van der Waals surface area contributed by atoms with Crippen molar-refractivity contribution in [3.8, 4) is 23.3 Å². The highest BCUT2D eigenvalue weighted by Gasteiger charge is 2.32. The number of nitrogens with zero attached hydrogens (tertiary/aromatic N) is 5. The number of carboxylic acids is 2. The number of nitrogens with one attached hydrogen (secondary N) is 2. The lowest BCUT2D eigenvalue weighted by Gasteiger charge is -2.13. The number of amides is 2. The number of nitro benzene ring substituents is 1. The average Bonchev–Trinajstić information content (AvgIpc) is 3.31. The molecule has 0 aliphatic carbocycles. The lowest BCUT2D eigenvalue weighted by Crippen LogP contribution is -2.35. The van der Waals surface area contributed by atoms with Crippen LogP contribution in [-0.2, 0) is 35.3 Å². The first-order chi connectivity index (χ1) is 33.8. The highest BCUT2D eigenvalue weighted by molar-refractivity contribution is 7.90. The zero-order valence-electron chi connectivity index (χ0n) is 37.3. The van der Waals surface area contributed by atoms with Gasteiger partial charge in [-0.25, -0.2) is 37.1 Å². The molecule has 4 N–H and O–H groups in total. The van der Waals surface area contributed by atoms with Crippen LogP contribution in [0, 0.1) is 17.0 Å². The second kappa shape index (κ2) is 24.9. The second-order valence-corrected chi connectivity index (χ2v) is 16.1. The Balaban J connectivity index is 0.000000246. The first kappa shape index (κ1) is 56.2. The van der Waals surface area contributed by atoms with Crippen LogP contribution in [0.1, 0.15) is 46.0 Å². The van der Waals surface area contributed by atoms with Crippen molar-refractivity contribution in [2.75, 3.05) is 25.6 Å². The zero-order valence-corrected chi connectivity index (χ0v) is 39.6. The molecule has 2 aromatic heterocycles. The Morgan fingerprint density at radius 1 is 0.889 bits per heavy atom. The molecule has 6 aromatic rings. The Bertz CT molecular complexity index is 3130. The Morgan fingerprint density at radius 3 is 2.21 bits per heavy atom. The summed E-state index contributed by atoms with van der Waals surface area (Å²) in [5, 5.41) is 31.9. The van der Waals surface area contributed by atoms with E-state index in [2.05, 4.69) is 25.3 Å². The fraction of sp³-hybridized carbons (Fsp3) is 0.186. The molecule has 1 atom stereocenters. The van der Waals surface area contributed by atoms with Crippen molar-refractivity contribution in [1.29, 1.82) is 0 Å². The quantitative estimate of drug-likeness (QED) is 0.0431. The van der Waals surface area contributed by atoms with Gasteiger partial charge in [-0.1, -0.05) is 35.3 Å². The number of hydrogen-bond donors (Lipinski definition) is 4. The molecule has 23 nitrogen and oxygen atoms in total. The summed E-state index contributed by atoms with van der Waals surface area (Å²) in [5.41, 5.74) is -2.07. The first-order valence-electron chi connectivity index (χ1n) is 19.9. The third kappa shape index (κ3) is 15.8. The number of nitro groups is 1. The highest BCUT2D eigenvalue weighted by atomic mass is 35.5. The Hall–Kier alpha value is -8.43. The molecule has 72 heavy (non-hydrogen) atoms. The summed E-state index contributed by atoms with van der Waals surface area (Å²) in [6, 6.07) is 15.8. The number of aromatic carboxylic acids is 1. The molecule has 0 saturated carbocycles. The summed E-state index contributed by atoms with van der Waals surface area (Å²) >= 11 is 11.8. The van der Waals surface area contributed by atoms with Gasteiger partial charge in [0.05, 0.1) is 39.8 Å². The molecule has 29 heteroatoms. The van der Waals surface area contributed by atoms with Gasteiger partial charge in [0.2, 0.25) is 5.95 Å². The first-order valence-corrected chi connectivity index (χ1v) is 22.1. The highest BCUT2D eigenvalue weighted by Crippen LogP contribution is 2.37. The Kier molecular flexibility index (Phi) is 19.4.